The van der Waals surface area contributed by atoms with Crippen molar-refractivity contribution in [1.29, 1.82) is 0 Å². The fraction of sp³-hybridized carbons (Fsp3) is 0.429. The molecule has 5 nitrogen and oxygen atoms in total. The molecular formula is C14H18F2N2O3. The lowest BCUT2D eigenvalue weighted by Gasteiger charge is -2.19. The van der Waals surface area contributed by atoms with Crippen molar-refractivity contribution in [3.63, 3.8) is 0 Å². The molecule has 0 aromatic heterocycles. The third-order valence-electron chi connectivity index (χ3n) is 2.69. The topological polar surface area (TPSA) is 58.6 Å². The standard InChI is InChI=1S/C14H18F2N2O3/c1-3-6-18(9-14(20)21-2)8-13(19)17-12-7-10(15)4-5-11(12)16/h4-5,7H,3,6,8-9H2,1-2H3,(H,17,19). The maximum absolute atomic E-state index is 13.4. The number of esters is 1. The predicted molar refractivity (Wildman–Crippen MR) is 73.7 cm³/mol. The molecule has 1 N–H and O–H groups in total. The van der Waals surface area contributed by atoms with Gasteiger partial charge < -0.3 is 10.1 Å². The van der Waals surface area contributed by atoms with E-state index >= 15 is 0 Å². The van der Waals surface area contributed by atoms with Crippen LogP contribution in [-0.2, 0) is 14.3 Å². The molecule has 1 amide bonds. The van der Waals surface area contributed by atoms with Gasteiger partial charge in [0.15, 0.2) is 0 Å². The molecule has 1 rings (SSSR count). The van der Waals surface area contributed by atoms with Gasteiger partial charge in [0.25, 0.3) is 0 Å². The largest absolute Gasteiger partial charge is 0.468 e. The zero-order valence-electron chi connectivity index (χ0n) is 12.0. The summed E-state index contributed by atoms with van der Waals surface area (Å²) >= 11 is 0. The van der Waals surface area contributed by atoms with Crippen LogP contribution in [-0.4, -0.2) is 43.5 Å². The number of hydrogen-bond donors (Lipinski definition) is 1. The van der Waals surface area contributed by atoms with Gasteiger partial charge in [-0.3, -0.25) is 14.5 Å². The van der Waals surface area contributed by atoms with Crippen LogP contribution in [0, 0.1) is 11.6 Å². The third kappa shape index (κ3) is 5.86. The average molecular weight is 300 g/mol. The molecule has 0 saturated carbocycles. The van der Waals surface area contributed by atoms with Crippen LogP contribution in [0.3, 0.4) is 0 Å². The van der Waals surface area contributed by atoms with Gasteiger partial charge in [-0.05, 0) is 25.1 Å². The van der Waals surface area contributed by atoms with E-state index in [2.05, 4.69) is 10.1 Å². The Morgan fingerprint density at radius 3 is 2.62 bits per heavy atom. The summed E-state index contributed by atoms with van der Waals surface area (Å²) < 4.78 is 31.0. The summed E-state index contributed by atoms with van der Waals surface area (Å²) in [6, 6.07) is 2.80. The van der Waals surface area contributed by atoms with Gasteiger partial charge in [0.05, 0.1) is 25.9 Å². The first-order valence-electron chi connectivity index (χ1n) is 6.50. The number of nitrogens with one attached hydrogen (secondary N) is 1. The molecule has 21 heavy (non-hydrogen) atoms. The van der Waals surface area contributed by atoms with Crippen LogP contribution in [0.1, 0.15) is 13.3 Å². The number of carbonyl (C=O) groups excluding carboxylic acids is 2. The number of rotatable bonds is 7. The van der Waals surface area contributed by atoms with Crippen LogP contribution in [0.15, 0.2) is 18.2 Å². The van der Waals surface area contributed by atoms with Crippen molar-refractivity contribution in [2.45, 2.75) is 13.3 Å². The van der Waals surface area contributed by atoms with E-state index in [1.54, 1.807) is 4.90 Å². The normalized spacial score (nSPS) is 10.5. The number of ether oxygens (including phenoxy) is 1. The minimum Gasteiger partial charge on any atom is -0.468 e. The van der Waals surface area contributed by atoms with Crippen molar-refractivity contribution >= 4 is 17.6 Å². The smallest absolute Gasteiger partial charge is 0.319 e. The summed E-state index contributed by atoms with van der Waals surface area (Å²) in [6.45, 7) is 2.25. The van der Waals surface area contributed by atoms with Crippen molar-refractivity contribution in [3.8, 4) is 0 Å². The number of hydrogen-bond acceptors (Lipinski definition) is 4. The van der Waals surface area contributed by atoms with E-state index in [0.29, 0.717) is 6.54 Å². The second-order valence-electron chi connectivity index (χ2n) is 4.46. The molecule has 7 heteroatoms. The number of nitrogens with zero attached hydrogens (tertiary/aromatic N) is 1. The van der Waals surface area contributed by atoms with Gasteiger partial charge in [-0.1, -0.05) is 6.92 Å². The fourth-order valence-electron chi connectivity index (χ4n) is 1.76. The number of benzene rings is 1. The molecule has 0 radical (unpaired) electrons. The molecular weight excluding hydrogens is 282 g/mol. The molecule has 0 spiro atoms. The third-order valence-corrected chi connectivity index (χ3v) is 2.69. The van der Waals surface area contributed by atoms with Crippen LogP contribution in [0.25, 0.3) is 0 Å². The number of methoxy groups -OCH3 is 1. The Balaban J connectivity index is 2.64. The molecule has 1 aromatic rings. The van der Waals surface area contributed by atoms with E-state index in [-0.39, 0.29) is 18.8 Å². The summed E-state index contributed by atoms with van der Waals surface area (Å²) in [6.07, 6.45) is 0.735. The molecule has 0 saturated heterocycles. The van der Waals surface area contributed by atoms with Crippen LogP contribution in [0.4, 0.5) is 14.5 Å². The minimum absolute atomic E-state index is 0.0383. The van der Waals surface area contributed by atoms with Crippen LogP contribution < -0.4 is 5.32 Å². The van der Waals surface area contributed by atoms with E-state index < -0.39 is 23.5 Å². The quantitative estimate of drug-likeness (QED) is 0.780. The van der Waals surface area contributed by atoms with Crippen LogP contribution in [0.5, 0.6) is 0 Å². The fourth-order valence-corrected chi connectivity index (χ4v) is 1.76. The Bertz CT molecular complexity index is 509. The first-order chi connectivity index (χ1) is 9.96. The van der Waals surface area contributed by atoms with E-state index in [4.69, 9.17) is 0 Å². The number of halogens is 2. The van der Waals surface area contributed by atoms with Gasteiger partial charge in [-0.25, -0.2) is 8.78 Å². The molecule has 0 aliphatic heterocycles. The van der Waals surface area contributed by atoms with Crippen LogP contribution in [0.2, 0.25) is 0 Å². The Kier molecular flexibility index (Phi) is 6.74. The summed E-state index contributed by atoms with van der Waals surface area (Å²) in [5, 5.41) is 2.28. The molecule has 0 unspecified atom stereocenters. The second kappa shape index (κ2) is 8.31. The molecule has 0 aliphatic rings. The lowest BCUT2D eigenvalue weighted by atomic mass is 10.3. The SMILES string of the molecule is CCCN(CC(=O)Nc1cc(F)ccc1F)CC(=O)OC. The Morgan fingerprint density at radius 1 is 1.29 bits per heavy atom. The van der Waals surface area contributed by atoms with Crippen molar-refractivity contribution in [1.82, 2.24) is 4.90 Å². The Labute approximate surface area is 121 Å². The van der Waals surface area contributed by atoms with Crippen LogP contribution >= 0.6 is 0 Å². The second-order valence-corrected chi connectivity index (χ2v) is 4.46. The summed E-state index contributed by atoms with van der Waals surface area (Å²) in [7, 11) is 1.26. The van der Waals surface area contributed by atoms with Gasteiger partial charge in [-0.15, -0.1) is 0 Å². The van der Waals surface area contributed by atoms with Gasteiger partial charge in [0.2, 0.25) is 5.91 Å². The molecule has 1 aromatic carbocycles. The van der Waals surface area contributed by atoms with E-state index in [1.807, 2.05) is 6.92 Å². The highest BCUT2D eigenvalue weighted by Crippen LogP contribution is 2.15. The molecule has 0 heterocycles. The van der Waals surface area contributed by atoms with Crippen molar-refractivity contribution < 1.29 is 23.1 Å². The van der Waals surface area contributed by atoms with Crippen molar-refractivity contribution in [2.24, 2.45) is 0 Å². The van der Waals surface area contributed by atoms with E-state index in [1.165, 1.54) is 7.11 Å². The highest BCUT2D eigenvalue weighted by atomic mass is 19.1. The van der Waals surface area contributed by atoms with E-state index in [9.17, 15) is 18.4 Å². The zero-order valence-corrected chi connectivity index (χ0v) is 12.0. The van der Waals surface area contributed by atoms with E-state index in [0.717, 1.165) is 24.6 Å². The van der Waals surface area contributed by atoms with Gasteiger partial charge in [0, 0.05) is 6.07 Å². The van der Waals surface area contributed by atoms with Crippen molar-refractivity contribution in [2.75, 3.05) is 32.1 Å². The Morgan fingerprint density at radius 2 is 2.00 bits per heavy atom. The summed E-state index contributed by atoms with van der Waals surface area (Å²) in [4.78, 5) is 24.6. The lowest BCUT2D eigenvalue weighted by Crippen LogP contribution is -2.37. The molecule has 0 bridgehead atoms. The lowest BCUT2D eigenvalue weighted by molar-refractivity contribution is -0.142. The monoisotopic (exact) mass is 300 g/mol. The number of anilines is 1. The zero-order chi connectivity index (χ0) is 15.8. The van der Waals surface area contributed by atoms with Gasteiger partial charge in [-0.2, -0.15) is 0 Å². The molecule has 0 atom stereocenters. The first kappa shape index (κ1) is 17.0. The minimum atomic E-state index is -0.722. The van der Waals surface area contributed by atoms with Gasteiger partial charge >= 0.3 is 5.97 Å². The highest BCUT2D eigenvalue weighted by Gasteiger charge is 2.15. The molecule has 0 aliphatic carbocycles. The highest BCUT2D eigenvalue weighted by molar-refractivity contribution is 5.92. The maximum atomic E-state index is 13.4. The van der Waals surface area contributed by atoms with Crippen molar-refractivity contribution in [3.05, 3.63) is 29.8 Å². The predicted octanol–water partition coefficient (Wildman–Crippen LogP) is 1.79. The maximum Gasteiger partial charge on any atom is 0.319 e. The average Bonchev–Trinajstić information content (AvgIpc) is 2.42. The first-order valence-corrected chi connectivity index (χ1v) is 6.50. The molecule has 0 fully saturated rings. The summed E-state index contributed by atoms with van der Waals surface area (Å²) in [5.41, 5.74) is -0.227. The number of amides is 1. The number of carbonyl (C=O) groups is 2. The van der Waals surface area contributed by atoms with Gasteiger partial charge in [0.1, 0.15) is 11.6 Å². The Hall–Kier alpha value is -2.02. The summed E-state index contributed by atoms with van der Waals surface area (Å²) in [5.74, 6) is -2.36. The molecule has 116 valence electrons.